The quantitative estimate of drug-likeness (QED) is 0.689. The molecule has 1 fully saturated rings. The van der Waals surface area contributed by atoms with Crippen LogP contribution in [-0.2, 0) is 4.79 Å². The second kappa shape index (κ2) is 2.72. The summed E-state index contributed by atoms with van der Waals surface area (Å²) in [5, 5.41) is 9.08. The van der Waals surface area contributed by atoms with E-state index in [1.54, 1.807) is 0 Å². The first kappa shape index (κ1) is 8.27. The summed E-state index contributed by atoms with van der Waals surface area (Å²) < 4.78 is 0. The summed E-state index contributed by atoms with van der Waals surface area (Å²) in [5.41, 5.74) is 3.30. The van der Waals surface area contributed by atoms with Gasteiger partial charge in [-0.05, 0) is 49.5 Å². The number of allylic oxidation sites excluding steroid dienone is 2. The van der Waals surface area contributed by atoms with Crippen LogP contribution in [0.3, 0.4) is 0 Å². The van der Waals surface area contributed by atoms with E-state index in [0.29, 0.717) is 17.4 Å². The van der Waals surface area contributed by atoms with Gasteiger partial charge in [-0.3, -0.25) is 0 Å². The number of hydrogen-bond acceptors (Lipinski definition) is 1. The number of aliphatic carboxylic acids is 1. The van der Waals surface area contributed by atoms with E-state index in [-0.39, 0.29) is 0 Å². The van der Waals surface area contributed by atoms with Gasteiger partial charge < -0.3 is 5.11 Å². The molecule has 0 radical (unpaired) electrons. The maximum absolute atomic E-state index is 11.0. The molecule has 4 aliphatic rings. The molecular formula is C12H14O2. The molecule has 0 atom stereocenters. The van der Waals surface area contributed by atoms with Gasteiger partial charge in [0.2, 0.25) is 0 Å². The topological polar surface area (TPSA) is 37.3 Å². The molecule has 2 heteroatoms. The predicted octanol–water partition coefficient (Wildman–Crippen LogP) is 2.52. The Bertz CT molecular complexity index is 355. The van der Waals surface area contributed by atoms with Gasteiger partial charge >= 0.3 is 5.97 Å². The Morgan fingerprint density at radius 3 is 2.50 bits per heavy atom. The highest BCUT2D eigenvalue weighted by Crippen LogP contribution is 2.51. The lowest BCUT2D eigenvalue weighted by Crippen LogP contribution is -2.26. The van der Waals surface area contributed by atoms with E-state index in [1.807, 2.05) is 6.08 Å². The predicted molar refractivity (Wildman–Crippen MR) is 52.8 cm³/mol. The second-order valence-corrected chi connectivity index (χ2v) is 4.61. The molecule has 2 nitrogen and oxygen atoms in total. The summed E-state index contributed by atoms with van der Waals surface area (Å²) in [7, 11) is 0. The van der Waals surface area contributed by atoms with Gasteiger partial charge in [0.15, 0.2) is 0 Å². The van der Waals surface area contributed by atoms with Gasteiger partial charge in [0.05, 0.1) is 5.57 Å². The molecule has 14 heavy (non-hydrogen) atoms. The molecule has 0 aliphatic heterocycles. The van der Waals surface area contributed by atoms with Crippen LogP contribution < -0.4 is 0 Å². The van der Waals surface area contributed by atoms with Crippen LogP contribution in [0.2, 0.25) is 0 Å². The van der Waals surface area contributed by atoms with Crippen LogP contribution in [0.4, 0.5) is 0 Å². The number of rotatable bonds is 1. The average Bonchev–Trinajstić information content (AvgIpc) is 2.65. The third-order valence-electron chi connectivity index (χ3n) is 4.02. The third kappa shape index (κ3) is 0.941. The van der Waals surface area contributed by atoms with E-state index in [9.17, 15) is 4.79 Å². The molecule has 4 aliphatic carbocycles. The lowest BCUT2D eigenvalue weighted by atomic mass is 9.67. The molecule has 0 amide bonds. The summed E-state index contributed by atoms with van der Waals surface area (Å²) in [6, 6.07) is 0. The highest BCUT2D eigenvalue weighted by molar-refractivity contribution is 5.93. The molecule has 0 aromatic heterocycles. The lowest BCUT2D eigenvalue weighted by molar-refractivity contribution is -0.132. The molecule has 0 aromatic carbocycles. The van der Waals surface area contributed by atoms with Crippen molar-refractivity contribution in [1.29, 1.82) is 0 Å². The van der Waals surface area contributed by atoms with Crippen LogP contribution in [0.5, 0.6) is 0 Å². The Labute approximate surface area is 83.3 Å². The fourth-order valence-electron chi connectivity index (χ4n) is 3.41. The molecule has 0 heterocycles. The van der Waals surface area contributed by atoms with Gasteiger partial charge in [0.25, 0.3) is 0 Å². The maximum atomic E-state index is 11.0. The molecule has 1 N–H and O–H groups in total. The maximum Gasteiger partial charge on any atom is 0.335 e. The lowest BCUT2D eigenvalue weighted by Gasteiger charge is -2.38. The first-order valence-corrected chi connectivity index (χ1v) is 5.44. The molecule has 0 unspecified atom stereocenters. The largest absolute Gasteiger partial charge is 0.478 e. The molecule has 2 bridgehead atoms. The molecule has 1 saturated carbocycles. The van der Waals surface area contributed by atoms with Crippen LogP contribution in [0.1, 0.15) is 32.1 Å². The van der Waals surface area contributed by atoms with Gasteiger partial charge in [-0.25, -0.2) is 4.79 Å². The van der Waals surface area contributed by atoms with Crippen molar-refractivity contribution in [1.82, 2.24) is 0 Å². The Hall–Kier alpha value is -1.05. The van der Waals surface area contributed by atoms with Crippen molar-refractivity contribution >= 4 is 5.97 Å². The van der Waals surface area contributed by atoms with Crippen molar-refractivity contribution in [2.75, 3.05) is 0 Å². The normalized spacial score (nSPS) is 34.4. The van der Waals surface area contributed by atoms with Gasteiger partial charge in [-0.15, -0.1) is 0 Å². The van der Waals surface area contributed by atoms with Crippen molar-refractivity contribution in [3.05, 3.63) is 22.8 Å². The molecule has 0 aromatic rings. The zero-order valence-electron chi connectivity index (χ0n) is 8.12. The Morgan fingerprint density at radius 1 is 1.21 bits per heavy atom. The summed E-state index contributed by atoms with van der Waals surface area (Å²) in [4.78, 5) is 11.0. The van der Waals surface area contributed by atoms with Crippen LogP contribution in [-0.4, -0.2) is 11.1 Å². The number of carbonyl (C=O) groups is 1. The number of fused-ring (bicyclic) bond motifs is 2. The smallest absolute Gasteiger partial charge is 0.335 e. The monoisotopic (exact) mass is 190 g/mol. The van der Waals surface area contributed by atoms with E-state index < -0.39 is 5.97 Å². The molecule has 74 valence electrons. The summed E-state index contributed by atoms with van der Waals surface area (Å²) in [5.74, 6) is 0.561. The Morgan fingerprint density at radius 2 is 1.86 bits per heavy atom. The minimum Gasteiger partial charge on any atom is -0.478 e. The fourth-order valence-corrected chi connectivity index (χ4v) is 3.41. The first-order chi connectivity index (χ1) is 6.77. The minimum absolute atomic E-state index is 0.569. The molecule has 4 rings (SSSR count). The van der Waals surface area contributed by atoms with Gasteiger partial charge in [-0.1, -0.05) is 11.6 Å². The Kier molecular flexibility index (Phi) is 1.61. The summed E-state index contributed by atoms with van der Waals surface area (Å²) >= 11 is 0. The van der Waals surface area contributed by atoms with Crippen LogP contribution in [0, 0.1) is 11.8 Å². The van der Waals surface area contributed by atoms with E-state index in [0.717, 1.165) is 6.42 Å². The highest BCUT2D eigenvalue weighted by Gasteiger charge is 2.39. The summed E-state index contributed by atoms with van der Waals surface area (Å²) in [6.45, 7) is 0. The van der Waals surface area contributed by atoms with Crippen molar-refractivity contribution in [2.45, 2.75) is 32.1 Å². The van der Waals surface area contributed by atoms with E-state index >= 15 is 0 Å². The van der Waals surface area contributed by atoms with Gasteiger partial charge in [-0.2, -0.15) is 0 Å². The first-order valence-electron chi connectivity index (χ1n) is 5.44. The number of carboxylic acid groups (broad SMARTS) is 1. The number of carboxylic acids is 1. The van der Waals surface area contributed by atoms with E-state index in [4.69, 9.17) is 5.11 Å². The van der Waals surface area contributed by atoms with Crippen LogP contribution >= 0.6 is 0 Å². The van der Waals surface area contributed by atoms with Crippen LogP contribution in [0.25, 0.3) is 0 Å². The SMILES string of the molecule is O=C(O)C1=CCC2=C1C1CCC2CC1. The van der Waals surface area contributed by atoms with Crippen molar-refractivity contribution < 1.29 is 9.90 Å². The zero-order valence-corrected chi connectivity index (χ0v) is 8.12. The van der Waals surface area contributed by atoms with Gasteiger partial charge in [0.1, 0.15) is 0 Å². The van der Waals surface area contributed by atoms with Gasteiger partial charge in [0, 0.05) is 0 Å². The number of hydrogen-bond donors (Lipinski definition) is 1. The standard InChI is InChI=1S/C12H14O2/c13-12(14)10-6-5-9-7-1-3-8(4-2-7)11(9)10/h6-8H,1-5H2,(H,13,14). The average molecular weight is 190 g/mol. The zero-order chi connectivity index (χ0) is 9.71. The van der Waals surface area contributed by atoms with E-state index in [1.165, 1.54) is 36.8 Å². The molecule has 0 saturated heterocycles. The van der Waals surface area contributed by atoms with Crippen molar-refractivity contribution in [2.24, 2.45) is 11.8 Å². The minimum atomic E-state index is -0.720. The Balaban J connectivity index is 2.06. The van der Waals surface area contributed by atoms with E-state index in [2.05, 4.69) is 0 Å². The molecular weight excluding hydrogens is 176 g/mol. The van der Waals surface area contributed by atoms with Crippen LogP contribution in [0.15, 0.2) is 22.8 Å². The summed E-state index contributed by atoms with van der Waals surface area (Å²) in [6.07, 6.45) is 7.86. The fraction of sp³-hybridized carbons (Fsp3) is 0.583. The van der Waals surface area contributed by atoms with Crippen molar-refractivity contribution in [3.63, 3.8) is 0 Å². The highest BCUT2D eigenvalue weighted by atomic mass is 16.4. The third-order valence-corrected chi connectivity index (χ3v) is 4.02. The van der Waals surface area contributed by atoms with Crippen molar-refractivity contribution in [3.8, 4) is 0 Å². The molecule has 0 spiro atoms. The second-order valence-electron chi connectivity index (χ2n) is 4.61.